The lowest BCUT2D eigenvalue weighted by Gasteiger charge is -2.34. The molecule has 0 spiro atoms. The van der Waals surface area contributed by atoms with Crippen molar-refractivity contribution in [1.29, 1.82) is 0 Å². The minimum atomic E-state index is -0.597. The summed E-state index contributed by atoms with van der Waals surface area (Å²) in [5.41, 5.74) is 6.28. The van der Waals surface area contributed by atoms with Gasteiger partial charge in [-0.05, 0) is 57.6 Å². The van der Waals surface area contributed by atoms with Gasteiger partial charge in [-0.3, -0.25) is 14.4 Å². The van der Waals surface area contributed by atoms with Crippen molar-refractivity contribution in [2.24, 2.45) is 0 Å². The van der Waals surface area contributed by atoms with E-state index in [-0.39, 0.29) is 72.1 Å². The van der Waals surface area contributed by atoms with E-state index in [4.69, 9.17) is 18.9 Å². The van der Waals surface area contributed by atoms with Crippen molar-refractivity contribution in [2.45, 2.75) is 61.2 Å². The summed E-state index contributed by atoms with van der Waals surface area (Å²) in [5.74, 6) is 0.691. The van der Waals surface area contributed by atoms with Gasteiger partial charge >= 0.3 is 11.9 Å². The first-order chi connectivity index (χ1) is 24.6. The third-order valence-corrected chi connectivity index (χ3v) is 9.83. The maximum absolute atomic E-state index is 12.3. The highest BCUT2D eigenvalue weighted by Gasteiger charge is 2.45. The van der Waals surface area contributed by atoms with E-state index in [0.717, 1.165) is 22.9 Å². The second kappa shape index (κ2) is 18.1. The summed E-state index contributed by atoms with van der Waals surface area (Å²) in [7, 11) is 0. The molecule has 0 saturated carbocycles. The molecule has 10 heteroatoms. The Morgan fingerprint density at radius 3 is 1.47 bits per heavy atom. The molecule has 0 aromatic heterocycles. The first kappa shape index (κ1) is 38.4. The molecule has 51 heavy (non-hydrogen) atoms. The lowest BCUT2D eigenvalue weighted by Crippen LogP contribution is -2.28. The fourth-order valence-electron chi connectivity index (χ4n) is 6.41. The van der Waals surface area contributed by atoms with Crippen molar-refractivity contribution in [2.75, 3.05) is 26.4 Å². The van der Waals surface area contributed by atoms with Crippen LogP contribution in [0.25, 0.3) is 11.1 Å². The number of carbonyl (C=O) groups excluding carboxylic acids is 3. The maximum Gasteiger partial charge on any atom is 0.307 e. The molecule has 0 amide bonds. The molecule has 4 aromatic carbocycles. The molecular weight excluding hydrogens is 701 g/mol. The molecule has 7 nitrogen and oxygen atoms in total. The van der Waals surface area contributed by atoms with E-state index in [1.54, 1.807) is 0 Å². The van der Waals surface area contributed by atoms with Gasteiger partial charge in [-0.1, -0.05) is 105 Å². The van der Waals surface area contributed by atoms with Crippen LogP contribution in [0.2, 0.25) is 0 Å². The highest BCUT2D eigenvalue weighted by molar-refractivity contribution is 8.14. The summed E-state index contributed by atoms with van der Waals surface area (Å²) >= 11 is 9.66. The molecule has 0 bridgehead atoms. The minimum Gasteiger partial charge on any atom is -0.490 e. The zero-order valence-corrected chi connectivity index (χ0v) is 31.7. The van der Waals surface area contributed by atoms with Crippen LogP contribution in [0.15, 0.2) is 97.1 Å². The van der Waals surface area contributed by atoms with Gasteiger partial charge < -0.3 is 18.9 Å². The SMILES string of the molecule is CC(S)CC(=O)OCCOc1ccc(C2(c3ccc(OCCOC(=O)CC(C)SC(=O)CC(C)S)cc3)c3ccccc3-c3ccccc32)cc1. The van der Waals surface area contributed by atoms with Crippen LogP contribution in [0.1, 0.15) is 62.3 Å². The molecule has 3 atom stereocenters. The number of thiol groups is 2. The molecule has 0 fully saturated rings. The van der Waals surface area contributed by atoms with Crippen LogP contribution in [0.3, 0.4) is 0 Å². The molecule has 3 unspecified atom stereocenters. The summed E-state index contributed by atoms with van der Waals surface area (Å²) in [6.07, 6.45) is 0.765. The van der Waals surface area contributed by atoms with Crippen LogP contribution in [0.4, 0.5) is 0 Å². The number of ether oxygens (including phenoxy) is 4. The van der Waals surface area contributed by atoms with Crippen molar-refractivity contribution < 1.29 is 33.3 Å². The normalized spacial score (nSPS) is 14.4. The topological polar surface area (TPSA) is 88.1 Å². The van der Waals surface area contributed by atoms with E-state index in [1.807, 2.05) is 45.0 Å². The molecule has 4 aromatic rings. The molecular formula is C41H44O7S3. The Balaban J connectivity index is 1.28. The van der Waals surface area contributed by atoms with Crippen LogP contribution >= 0.6 is 37.0 Å². The fourth-order valence-corrected chi connectivity index (χ4v) is 7.86. The highest BCUT2D eigenvalue weighted by Crippen LogP contribution is 2.56. The summed E-state index contributed by atoms with van der Waals surface area (Å²) in [5, 5.41) is -0.216. The Morgan fingerprint density at radius 2 is 1.02 bits per heavy atom. The summed E-state index contributed by atoms with van der Waals surface area (Å²) in [6.45, 7) is 6.29. The molecule has 0 aliphatic heterocycles. The standard InChI is InChI=1S/C41H44O7S3/c1-27(49)24-38(42)47-22-20-45-32-16-12-30(13-17-32)41(36-10-6-4-8-34(36)35-9-5-7-11-37(35)41)31-14-18-33(19-15-31)46-21-23-48-39(43)26-29(3)51-40(44)25-28(2)50/h4-19,27-29,49-50H,20-26H2,1-3H3. The van der Waals surface area contributed by atoms with Gasteiger partial charge in [0, 0.05) is 22.2 Å². The van der Waals surface area contributed by atoms with Gasteiger partial charge in [-0.25, -0.2) is 0 Å². The predicted molar refractivity (Wildman–Crippen MR) is 209 cm³/mol. The van der Waals surface area contributed by atoms with E-state index in [0.29, 0.717) is 17.9 Å². The number of rotatable bonds is 17. The first-order valence-electron chi connectivity index (χ1n) is 17.1. The Hall–Kier alpha value is -3.86. The fraction of sp³-hybridized carbons (Fsp3) is 0.341. The number of carbonyl (C=O) groups is 3. The number of hydrogen-bond acceptors (Lipinski definition) is 10. The number of fused-ring (bicyclic) bond motifs is 3. The second-order valence-electron chi connectivity index (χ2n) is 12.6. The lowest BCUT2D eigenvalue weighted by atomic mass is 9.68. The van der Waals surface area contributed by atoms with Crippen molar-refractivity contribution in [3.8, 4) is 22.6 Å². The van der Waals surface area contributed by atoms with Crippen LogP contribution in [0, 0.1) is 0 Å². The molecule has 0 saturated heterocycles. The zero-order valence-electron chi connectivity index (χ0n) is 29.1. The molecule has 0 heterocycles. The molecule has 5 rings (SSSR count). The lowest BCUT2D eigenvalue weighted by molar-refractivity contribution is -0.145. The van der Waals surface area contributed by atoms with E-state index in [1.165, 1.54) is 22.3 Å². The van der Waals surface area contributed by atoms with Gasteiger partial charge in [0.1, 0.15) is 37.9 Å². The second-order valence-corrected chi connectivity index (χ2v) is 15.9. The van der Waals surface area contributed by atoms with E-state index >= 15 is 0 Å². The summed E-state index contributed by atoms with van der Waals surface area (Å²) < 4.78 is 22.5. The molecule has 1 aliphatic rings. The average Bonchev–Trinajstić information content (AvgIpc) is 3.39. The van der Waals surface area contributed by atoms with Crippen LogP contribution in [-0.2, 0) is 29.3 Å². The molecule has 268 valence electrons. The third kappa shape index (κ3) is 9.73. The number of esters is 2. The van der Waals surface area contributed by atoms with E-state index < -0.39 is 5.41 Å². The summed E-state index contributed by atoms with van der Waals surface area (Å²) in [6, 6.07) is 33.2. The van der Waals surface area contributed by atoms with Crippen molar-refractivity contribution in [3.63, 3.8) is 0 Å². The average molecular weight is 745 g/mol. The Kier molecular flexibility index (Phi) is 13.6. The molecule has 0 radical (unpaired) electrons. The highest BCUT2D eigenvalue weighted by atomic mass is 32.2. The van der Waals surface area contributed by atoms with Crippen LogP contribution < -0.4 is 9.47 Å². The van der Waals surface area contributed by atoms with Gasteiger partial charge in [0.2, 0.25) is 0 Å². The van der Waals surface area contributed by atoms with Crippen LogP contribution in [0.5, 0.6) is 11.5 Å². The Morgan fingerprint density at radius 1 is 0.588 bits per heavy atom. The maximum atomic E-state index is 12.3. The smallest absolute Gasteiger partial charge is 0.307 e. The Bertz CT molecular complexity index is 1740. The first-order valence-corrected chi connectivity index (χ1v) is 19.0. The van der Waals surface area contributed by atoms with E-state index in [9.17, 15) is 14.4 Å². The van der Waals surface area contributed by atoms with Gasteiger partial charge in [0.15, 0.2) is 5.12 Å². The number of hydrogen-bond donors (Lipinski definition) is 2. The predicted octanol–water partition coefficient (Wildman–Crippen LogP) is 8.35. The monoisotopic (exact) mass is 744 g/mol. The zero-order chi connectivity index (χ0) is 36.4. The van der Waals surface area contributed by atoms with Crippen molar-refractivity contribution in [1.82, 2.24) is 0 Å². The van der Waals surface area contributed by atoms with Crippen LogP contribution in [-0.4, -0.2) is 59.2 Å². The van der Waals surface area contributed by atoms with E-state index in [2.05, 4.69) is 98.1 Å². The van der Waals surface area contributed by atoms with Gasteiger partial charge in [0.05, 0.1) is 18.3 Å². The van der Waals surface area contributed by atoms with Crippen molar-refractivity contribution in [3.05, 3.63) is 119 Å². The molecule has 0 N–H and O–H groups in total. The molecule has 1 aliphatic carbocycles. The largest absolute Gasteiger partial charge is 0.490 e. The number of thioether (sulfide) groups is 1. The van der Waals surface area contributed by atoms with Gasteiger partial charge in [0.25, 0.3) is 0 Å². The minimum absolute atomic E-state index is 0.0126. The van der Waals surface area contributed by atoms with Crippen molar-refractivity contribution >= 4 is 54.1 Å². The summed E-state index contributed by atoms with van der Waals surface area (Å²) in [4.78, 5) is 36.2. The number of benzene rings is 4. The quantitative estimate of drug-likeness (QED) is 0.0559. The third-order valence-electron chi connectivity index (χ3n) is 8.47. The van der Waals surface area contributed by atoms with Gasteiger partial charge in [-0.15, -0.1) is 0 Å². The Labute approximate surface area is 315 Å². The van der Waals surface area contributed by atoms with Gasteiger partial charge in [-0.2, -0.15) is 25.3 Å².